The molecule has 1 aromatic heterocycles. The third kappa shape index (κ3) is 3.92. The molecular formula is C20H16F2N4O2S. The third-order valence-electron chi connectivity index (χ3n) is 4.44. The first-order chi connectivity index (χ1) is 14.0. The number of fused-ring (bicyclic) bond motifs is 2. The average Bonchev–Trinajstić information content (AvgIpc) is 2.85. The van der Waals surface area contributed by atoms with Crippen molar-refractivity contribution in [2.75, 3.05) is 11.9 Å². The molecule has 9 heteroatoms. The normalized spacial score (nSPS) is 14.9. The second-order valence-electron chi connectivity index (χ2n) is 6.36. The summed E-state index contributed by atoms with van der Waals surface area (Å²) in [5.41, 5.74) is 0.528. The minimum atomic E-state index is -1.19. The number of carbonyl (C=O) groups is 1. The molecule has 1 amide bonds. The highest BCUT2D eigenvalue weighted by atomic mass is 32.2. The molecule has 148 valence electrons. The Kier molecular flexibility index (Phi) is 5.41. The molecule has 0 aliphatic carbocycles. The van der Waals surface area contributed by atoms with Crippen LogP contribution < -0.4 is 10.6 Å². The molecule has 1 unspecified atom stereocenters. The molecule has 3 N–H and O–H groups in total. The standard InChI is InChI=1S/C20H16F2N4O2S/c21-13-7-15-18(26-19(27)12-3-1-2-4-14(12)29-15)17(22)16(13)20(28)25-6-5-11-8-23-10-24-9-11/h1-4,7-10,19,26-27H,5-6H2,(H,25,28). The van der Waals surface area contributed by atoms with Crippen LogP contribution in [-0.2, 0) is 6.42 Å². The van der Waals surface area contributed by atoms with Crippen molar-refractivity contribution in [3.8, 4) is 0 Å². The van der Waals surface area contributed by atoms with E-state index in [4.69, 9.17) is 0 Å². The first-order valence-electron chi connectivity index (χ1n) is 8.80. The quantitative estimate of drug-likeness (QED) is 0.607. The van der Waals surface area contributed by atoms with Gasteiger partial charge in [0.1, 0.15) is 17.7 Å². The monoisotopic (exact) mass is 414 g/mol. The van der Waals surface area contributed by atoms with Crippen LogP contribution in [0.25, 0.3) is 0 Å². The largest absolute Gasteiger partial charge is 0.369 e. The van der Waals surface area contributed by atoms with E-state index in [1.54, 1.807) is 36.7 Å². The predicted molar refractivity (Wildman–Crippen MR) is 104 cm³/mol. The first kappa shape index (κ1) is 19.3. The highest BCUT2D eigenvalue weighted by molar-refractivity contribution is 7.99. The van der Waals surface area contributed by atoms with Crippen LogP contribution in [0.5, 0.6) is 0 Å². The fourth-order valence-corrected chi connectivity index (χ4v) is 4.11. The van der Waals surface area contributed by atoms with Gasteiger partial charge in [-0.05, 0) is 24.1 Å². The van der Waals surface area contributed by atoms with Crippen LogP contribution in [-0.4, -0.2) is 27.5 Å². The van der Waals surface area contributed by atoms with Gasteiger partial charge in [0.15, 0.2) is 12.0 Å². The Morgan fingerprint density at radius 2 is 1.97 bits per heavy atom. The van der Waals surface area contributed by atoms with E-state index < -0.39 is 29.3 Å². The zero-order chi connectivity index (χ0) is 20.4. The molecule has 1 atom stereocenters. The summed E-state index contributed by atoms with van der Waals surface area (Å²) in [7, 11) is 0. The molecular weight excluding hydrogens is 398 g/mol. The van der Waals surface area contributed by atoms with Gasteiger partial charge in [0, 0.05) is 34.3 Å². The van der Waals surface area contributed by atoms with Crippen LogP contribution in [0.4, 0.5) is 14.5 Å². The van der Waals surface area contributed by atoms with E-state index in [9.17, 15) is 14.3 Å². The fourth-order valence-electron chi connectivity index (χ4n) is 3.02. The summed E-state index contributed by atoms with van der Waals surface area (Å²) in [5, 5.41) is 15.5. The molecule has 0 bridgehead atoms. The van der Waals surface area contributed by atoms with Crippen LogP contribution in [0.2, 0.25) is 0 Å². The molecule has 1 aliphatic heterocycles. The molecule has 0 saturated heterocycles. The molecule has 0 spiro atoms. The zero-order valence-corrected chi connectivity index (χ0v) is 15.8. The van der Waals surface area contributed by atoms with Crippen LogP contribution in [0, 0.1) is 11.6 Å². The summed E-state index contributed by atoms with van der Waals surface area (Å²) in [6, 6.07) is 8.07. The Bertz CT molecular complexity index is 1070. The number of anilines is 1. The van der Waals surface area contributed by atoms with Gasteiger partial charge >= 0.3 is 0 Å². The van der Waals surface area contributed by atoms with Crippen LogP contribution in [0.1, 0.15) is 27.7 Å². The van der Waals surface area contributed by atoms with Crippen molar-refractivity contribution in [3.05, 3.63) is 77.4 Å². The zero-order valence-electron chi connectivity index (χ0n) is 15.0. The lowest BCUT2D eigenvalue weighted by atomic mass is 10.1. The van der Waals surface area contributed by atoms with E-state index in [1.807, 2.05) is 0 Å². The second kappa shape index (κ2) is 8.14. The van der Waals surface area contributed by atoms with Gasteiger partial charge in [0.25, 0.3) is 5.91 Å². The molecule has 0 saturated carbocycles. The SMILES string of the molecule is O=C(NCCc1cncnc1)c1c(F)cc2c(c1F)NC(O)c1ccccc1S2. The highest BCUT2D eigenvalue weighted by Crippen LogP contribution is 2.44. The number of aliphatic hydroxyl groups excluding tert-OH is 1. The van der Waals surface area contributed by atoms with Crippen molar-refractivity contribution in [3.63, 3.8) is 0 Å². The smallest absolute Gasteiger partial charge is 0.257 e. The Morgan fingerprint density at radius 3 is 2.76 bits per heavy atom. The number of rotatable bonds is 4. The molecule has 4 rings (SSSR count). The number of carbonyl (C=O) groups excluding carboxylic acids is 1. The first-order valence-corrected chi connectivity index (χ1v) is 9.61. The van der Waals surface area contributed by atoms with Gasteiger partial charge in [-0.15, -0.1) is 0 Å². The Labute approximate surface area is 169 Å². The van der Waals surface area contributed by atoms with E-state index in [1.165, 1.54) is 6.33 Å². The number of aromatic nitrogens is 2. The van der Waals surface area contributed by atoms with Gasteiger partial charge in [0.05, 0.1) is 5.69 Å². The number of halogens is 2. The summed E-state index contributed by atoms with van der Waals surface area (Å²) < 4.78 is 29.7. The molecule has 0 radical (unpaired) electrons. The van der Waals surface area contributed by atoms with E-state index >= 15 is 4.39 Å². The number of amides is 1. The Hall–Kier alpha value is -3.04. The van der Waals surface area contributed by atoms with Crippen molar-refractivity contribution in [2.45, 2.75) is 22.4 Å². The minimum Gasteiger partial charge on any atom is -0.369 e. The summed E-state index contributed by atoms with van der Waals surface area (Å²) in [4.78, 5) is 21.1. The average molecular weight is 414 g/mol. The van der Waals surface area contributed by atoms with Crippen LogP contribution in [0.3, 0.4) is 0 Å². The maximum Gasteiger partial charge on any atom is 0.257 e. The lowest BCUT2D eigenvalue weighted by molar-refractivity contribution is 0.0945. The maximum absolute atomic E-state index is 15.1. The summed E-state index contributed by atoms with van der Waals surface area (Å²) >= 11 is 1.12. The lowest BCUT2D eigenvalue weighted by Crippen LogP contribution is -2.28. The van der Waals surface area contributed by atoms with Crippen LogP contribution >= 0.6 is 11.8 Å². The number of hydrogen-bond donors (Lipinski definition) is 3. The summed E-state index contributed by atoms with van der Waals surface area (Å²) in [6.07, 6.45) is 3.82. The predicted octanol–water partition coefficient (Wildman–Crippen LogP) is 3.29. The van der Waals surface area contributed by atoms with E-state index in [0.29, 0.717) is 16.9 Å². The second-order valence-corrected chi connectivity index (χ2v) is 7.44. The van der Waals surface area contributed by atoms with Gasteiger partial charge < -0.3 is 15.7 Å². The molecule has 6 nitrogen and oxygen atoms in total. The Balaban J connectivity index is 1.58. The molecule has 29 heavy (non-hydrogen) atoms. The highest BCUT2D eigenvalue weighted by Gasteiger charge is 2.28. The minimum absolute atomic E-state index is 0.110. The maximum atomic E-state index is 15.1. The van der Waals surface area contributed by atoms with Gasteiger partial charge in [-0.25, -0.2) is 18.7 Å². The van der Waals surface area contributed by atoms with Gasteiger partial charge in [-0.2, -0.15) is 0 Å². The summed E-state index contributed by atoms with van der Waals surface area (Å²) in [6.45, 7) is 0.165. The van der Waals surface area contributed by atoms with Gasteiger partial charge in [0.2, 0.25) is 0 Å². The van der Waals surface area contributed by atoms with E-state index in [2.05, 4.69) is 20.6 Å². The van der Waals surface area contributed by atoms with Gasteiger partial charge in [-0.1, -0.05) is 30.0 Å². The van der Waals surface area contributed by atoms with E-state index in [0.717, 1.165) is 23.4 Å². The summed E-state index contributed by atoms with van der Waals surface area (Å²) in [5.74, 6) is -2.88. The third-order valence-corrected chi connectivity index (χ3v) is 5.57. The number of nitrogens with one attached hydrogen (secondary N) is 2. The van der Waals surface area contributed by atoms with Gasteiger partial charge in [-0.3, -0.25) is 4.79 Å². The van der Waals surface area contributed by atoms with Crippen LogP contribution in [0.15, 0.2) is 58.8 Å². The molecule has 2 heterocycles. The molecule has 1 aliphatic rings. The molecule has 0 fully saturated rings. The van der Waals surface area contributed by atoms with Crippen molar-refractivity contribution < 1.29 is 18.7 Å². The van der Waals surface area contributed by atoms with Crippen molar-refractivity contribution >= 4 is 23.4 Å². The number of hydrogen-bond acceptors (Lipinski definition) is 6. The fraction of sp³-hybridized carbons (Fsp3) is 0.150. The number of benzene rings is 2. The van der Waals surface area contributed by atoms with Crippen molar-refractivity contribution in [1.82, 2.24) is 15.3 Å². The number of nitrogens with zero attached hydrogens (tertiary/aromatic N) is 2. The Morgan fingerprint density at radius 1 is 1.21 bits per heavy atom. The number of aliphatic hydroxyl groups is 1. The lowest BCUT2D eigenvalue weighted by Gasteiger charge is -2.16. The van der Waals surface area contributed by atoms with E-state index in [-0.39, 0.29) is 17.1 Å². The van der Waals surface area contributed by atoms with Crippen molar-refractivity contribution in [2.24, 2.45) is 0 Å². The molecule has 2 aromatic carbocycles. The van der Waals surface area contributed by atoms with Crippen molar-refractivity contribution in [1.29, 1.82) is 0 Å². The topological polar surface area (TPSA) is 87.1 Å². The molecule has 3 aromatic rings.